The fraction of sp³-hybridized carbons (Fsp3) is 0.571. The highest BCUT2D eigenvalue weighted by Gasteiger charge is 2.17. The van der Waals surface area contributed by atoms with Gasteiger partial charge in [0.05, 0.1) is 17.2 Å². The minimum atomic E-state index is 0. The van der Waals surface area contributed by atoms with Crippen LogP contribution in [-0.2, 0) is 11.8 Å². The van der Waals surface area contributed by atoms with Gasteiger partial charge in [-0.25, -0.2) is 9.98 Å². The van der Waals surface area contributed by atoms with E-state index >= 15 is 0 Å². The molecular weight excluding hydrogens is 383 g/mol. The van der Waals surface area contributed by atoms with Gasteiger partial charge in [0.1, 0.15) is 0 Å². The van der Waals surface area contributed by atoms with Crippen molar-refractivity contribution in [2.24, 2.45) is 10.7 Å². The van der Waals surface area contributed by atoms with Gasteiger partial charge in [0.15, 0.2) is 5.96 Å². The SMILES string of the molecule is C=C(C)CN=C(N)NCCc1csc(C(C)(C)C)n1.I. The molecule has 0 saturated carbocycles. The fourth-order valence-corrected chi connectivity index (χ4v) is 2.30. The van der Waals surface area contributed by atoms with Gasteiger partial charge in [-0.3, -0.25) is 0 Å². The molecule has 1 aromatic heterocycles. The summed E-state index contributed by atoms with van der Waals surface area (Å²) < 4.78 is 0. The number of nitrogens with two attached hydrogens (primary N) is 1. The van der Waals surface area contributed by atoms with Crippen LogP contribution in [0.25, 0.3) is 0 Å². The maximum absolute atomic E-state index is 5.74. The largest absolute Gasteiger partial charge is 0.370 e. The molecule has 0 unspecified atom stereocenters. The average molecular weight is 408 g/mol. The van der Waals surface area contributed by atoms with Crippen LogP contribution in [0.3, 0.4) is 0 Å². The third-order valence-electron chi connectivity index (χ3n) is 2.40. The van der Waals surface area contributed by atoms with Gasteiger partial charge in [-0.05, 0) is 6.92 Å². The first kappa shape index (κ1) is 19.4. The summed E-state index contributed by atoms with van der Waals surface area (Å²) in [6.07, 6.45) is 0.857. The Labute approximate surface area is 143 Å². The molecule has 6 heteroatoms. The normalized spacial score (nSPS) is 11.9. The first-order chi connectivity index (χ1) is 8.79. The number of guanidine groups is 1. The van der Waals surface area contributed by atoms with E-state index in [0.717, 1.165) is 24.2 Å². The highest BCUT2D eigenvalue weighted by atomic mass is 127. The number of nitrogens with one attached hydrogen (secondary N) is 1. The fourth-order valence-electron chi connectivity index (χ4n) is 1.36. The lowest BCUT2D eigenvalue weighted by molar-refractivity contribution is 0.582. The second-order valence-corrected chi connectivity index (χ2v) is 6.59. The van der Waals surface area contributed by atoms with E-state index in [-0.39, 0.29) is 29.4 Å². The van der Waals surface area contributed by atoms with Gasteiger partial charge in [0.2, 0.25) is 0 Å². The van der Waals surface area contributed by atoms with E-state index in [1.54, 1.807) is 11.3 Å². The molecule has 0 aliphatic heterocycles. The van der Waals surface area contributed by atoms with Crippen molar-refractivity contribution < 1.29 is 0 Å². The maximum atomic E-state index is 5.74. The molecule has 0 fully saturated rings. The number of hydrogen-bond donors (Lipinski definition) is 2. The van der Waals surface area contributed by atoms with Gasteiger partial charge in [0, 0.05) is 23.8 Å². The van der Waals surface area contributed by atoms with Crippen LogP contribution < -0.4 is 11.1 Å². The number of hydrogen-bond acceptors (Lipinski definition) is 3. The van der Waals surface area contributed by atoms with E-state index in [1.807, 2.05) is 6.92 Å². The van der Waals surface area contributed by atoms with Crippen LogP contribution in [0.4, 0.5) is 0 Å². The number of halogens is 1. The Morgan fingerprint density at radius 3 is 2.65 bits per heavy atom. The van der Waals surface area contributed by atoms with E-state index in [2.05, 4.69) is 48.0 Å². The number of rotatable bonds is 5. The zero-order chi connectivity index (χ0) is 14.5. The Kier molecular flexibility index (Phi) is 8.34. The molecule has 0 spiro atoms. The molecule has 20 heavy (non-hydrogen) atoms. The molecule has 0 radical (unpaired) electrons. The van der Waals surface area contributed by atoms with Crippen molar-refractivity contribution in [1.82, 2.24) is 10.3 Å². The van der Waals surface area contributed by atoms with E-state index in [0.29, 0.717) is 12.5 Å². The van der Waals surface area contributed by atoms with Crippen LogP contribution in [0.1, 0.15) is 38.4 Å². The maximum Gasteiger partial charge on any atom is 0.188 e. The number of nitrogens with zero attached hydrogens (tertiary/aromatic N) is 2. The summed E-state index contributed by atoms with van der Waals surface area (Å²) in [5.74, 6) is 0.467. The lowest BCUT2D eigenvalue weighted by Crippen LogP contribution is -2.33. The number of aromatic nitrogens is 1. The molecule has 0 bridgehead atoms. The molecular formula is C14H25IN4S. The summed E-state index contributed by atoms with van der Waals surface area (Å²) in [6, 6.07) is 0. The second-order valence-electron chi connectivity index (χ2n) is 5.73. The molecule has 0 aliphatic carbocycles. The van der Waals surface area contributed by atoms with E-state index in [9.17, 15) is 0 Å². The van der Waals surface area contributed by atoms with Gasteiger partial charge in [-0.1, -0.05) is 32.9 Å². The van der Waals surface area contributed by atoms with Crippen molar-refractivity contribution in [2.45, 2.75) is 39.5 Å². The lowest BCUT2D eigenvalue weighted by Gasteiger charge is -2.13. The zero-order valence-corrected chi connectivity index (χ0v) is 15.8. The standard InChI is InChI=1S/C14H24N4S.HI/c1-10(2)8-17-13(15)16-7-6-11-9-19-12(18-11)14(3,4)5;/h9H,1,6-8H2,2-5H3,(H3,15,16,17);1H. The smallest absolute Gasteiger partial charge is 0.188 e. The molecule has 1 rings (SSSR count). The van der Waals surface area contributed by atoms with E-state index in [4.69, 9.17) is 5.73 Å². The molecule has 1 aromatic rings. The summed E-state index contributed by atoms with van der Waals surface area (Å²) in [5, 5.41) is 6.37. The van der Waals surface area contributed by atoms with Crippen LogP contribution in [-0.4, -0.2) is 24.0 Å². The van der Waals surface area contributed by atoms with Crippen LogP contribution in [0, 0.1) is 0 Å². The van der Waals surface area contributed by atoms with Crippen molar-refractivity contribution in [3.05, 3.63) is 28.2 Å². The molecule has 0 aromatic carbocycles. The third kappa shape index (κ3) is 7.23. The molecule has 114 valence electrons. The summed E-state index contributed by atoms with van der Waals surface area (Å²) >= 11 is 1.72. The minimum absolute atomic E-state index is 0. The highest BCUT2D eigenvalue weighted by molar-refractivity contribution is 14.0. The third-order valence-corrected chi connectivity index (χ3v) is 3.72. The topological polar surface area (TPSA) is 63.3 Å². The van der Waals surface area contributed by atoms with Gasteiger partial charge in [-0.2, -0.15) is 0 Å². The molecule has 4 nitrogen and oxygen atoms in total. The summed E-state index contributed by atoms with van der Waals surface area (Å²) in [5.41, 5.74) is 7.97. The first-order valence-electron chi connectivity index (χ1n) is 6.42. The molecule has 0 amide bonds. The Balaban J connectivity index is 0.00000361. The van der Waals surface area contributed by atoms with Gasteiger partial charge < -0.3 is 11.1 Å². The summed E-state index contributed by atoms with van der Waals surface area (Å²) in [6.45, 7) is 13.6. The predicted octanol–water partition coefficient (Wildman–Crippen LogP) is 3.08. The summed E-state index contributed by atoms with van der Waals surface area (Å²) in [4.78, 5) is 8.80. The lowest BCUT2D eigenvalue weighted by atomic mass is 9.98. The average Bonchev–Trinajstić information content (AvgIpc) is 2.74. The van der Waals surface area contributed by atoms with Crippen LogP contribution in [0.15, 0.2) is 22.5 Å². The van der Waals surface area contributed by atoms with E-state index < -0.39 is 0 Å². The number of thiazole rings is 1. The number of aliphatic imine (C=N–C) groups is 1. The predicted molar refractivity (Wildman–Crippen MR) is 99.2 cm³/mol. The Bertz CT molecular complexity index is 460. The Morgan fingerprint density at radius 1 is 1.50 bits per heavy atom. The van der Waals surface area contributed by atoms with Gasteiger partial charge >= 0.3 is 0 Å². The first-order valence-corrected chi connectivity index (χ1v) is 7.30. The Hall–Kier alpha value is -0.630. The monoisotopic (exact) mass is 408 g/mol. The van der Waals surface area contributed by atoms with Crippen LogP contribution >= 0.6 is 35.3 Å². The van der Waals surface area contributed by atoms with Gasteiger partial charge in [0.25, 0.3) is 0 Å². The van der Waals surface area contributed by atoms with E-state index in [1.165, 1.54) is 5.01 Å². The second kappa shape index (κ2) is 8.61. The van der Waals surface area contributed by atoms with Crippen molar-refractivity contribution >= 4 is 41.3 Å². The van der Waals surface area contributed by atoms with Gasteiger partial charge in [-0.15, -0.1) is 35.3 Å². The summed E-state index contributed by atoms with van der Waals surface area (Å²) in [7, 11) is 0. The molecule has 0 saturated heterocycles. The zero-order valence-electron chi connectivity index (χ0n) is 12.7. The highest BCUT2D eigenvalue weighted by Crippen LogP contribution is 2.25. The van der Waals surface area contributed by atoms with Crippen molar-refractivity contribution in [3.63, 3.8) is 0 Å². The van der Waals surface area contributed by atoms with Crippen LogP contribution in [0.2, 0.25) is 0 Å². The molecule has 3 N–H and O–H groups in total. The Morgan fingerprint density at radius 2 is 2.15 bits per heavy atom. The minimum Gasteiger partial charge on any atom is -0.370 e. The van der Waals surface area contributed by atoms with Crippen molar-refractivity contribution in [1.29, 1.82) is 0 Å². The van der Waals surface area contributed by atoms with Crippen molar-refractivity contribution in [3.8, 4) is 0 Å². The quantitative estimate of drug-likeness (QED) is 0.341. The molecule has 0 atom stereocenters. The molecule has 1 heterocycles. The molecule has 0 aliphatic rings. The van der Waals surface area contributed by atoms with Crippen molar-refractivity contribution in [2.75, 3.05) is 13.1 Å². The van der Waals surface area contributed by atoms with Crippen LogP contribution in [0.5, 0.6) is 0 Å².